The number of fused-ring (bicyclic) bond motifs is 1. The number of carbonyl (C=O) groups excluding carboxylic acids is 1. The number of nitrogens with zero attached hydrogens (tertiary/aromatic N) is 4. The van der Waals surface area contributed by atoms with Gasteiger partial charge in [-0.2, -0.15) is 0 Å². The van der Waals surface area contributed by atoms with Crippen LogP contribution in [0.4, 0.5) is 17.2 Å². The first-order chi connectivity index (χ1) is 20.4. The van der Waals surface area contributed by atoms with E-state index >= 15 is 0 Å². The van der Waals surface area contributed by atoms with E-state index < -0.39 is 10.0 Å². The molecule has 12 heteroatoms. The number of morpholine rings is 1. The minimum Gasteiger partial charge on any atom is -0.378 e. The first kappa shape index (κ1) is 27.7. The summed E-state index contributed by atoms with van der Waals surface area (Å²) < 4.78 is 34.3. The number of aromatic nitrogens is 3. The van der Waals surface area contributed by atoms with Crippen LogP contribution in [0.2, 0.25) is 0 Å². The van der Waals surface area contributed by atoms with Gasteiger partial charge in [0.2, 0.25) is 15.9 Å². The van der Waals surface area contributed by atoms with Gasteiger partial charge >= 0.3 is 0 Å². The Morgan fingerprint density at radius 2 is 1.88 bits per heavy atom. The Hall–Kier alpha value is -4.42. The Balaban J connectivity index is 1.11. The zero-order valence-electron chi connectivity index (χ0n) is 23.1. The number of hydrogen-bond donors (Lipinski definition) is 3. The standard InChI is InChI=1S/C30H33N7O4S/c1-2-28(38)33-24-10-11-37(18-24)25-5-3-4-21(16-25)19-42(39,40)35-23-8-6-22(7-9-23)27-17-26-29(34-27)31-20-32-30(26)36-12-14-41-15-13-36/h2-9,16-17,20,24,35H,1,10-15,18-19H2,(H,33,38)(H,31,32,34). The smallest absolute Gasteiger partial charge is 0.243 e. The molecule has 0 saturated carbocycles. The summed E-state index contributed by atoms with van der Waals surface area (Å²) in [6.45, 7) is 7.84. The van der Waals surface area contributed by atoms with Crippen LogP contribution < -0.4 is 19.8 Å². The highest BCUT2D eigenvalue weighted by molar-refractivity contribution is 7.91. The van der Waals surface area contributed by atoms with E-state index in [-0.39, 0.29) is 17.7 Å². The number of nitrogens with one attached hydrogen (secondary N) is 3. The largest absolute Gasteiger partial charge is 0.378 e. The van der Waals surface area contributed by atoms with Crippen LogP contribution in [0.15, 0.2) is 73.6 Å². The fourth-order valence-electron chi connectivity index (χ4n) is 5.48. The molecule has 1 amide bonds. The van der Waals surface area contributed by atoms with Crippen molar-refractivity contribution in [2.75, 3.05) is 53.9 Å². The van der Waals surface area contributed by atoms with Crippen LogP contribution in [0.3, 0.4) is 0 Å². The normalized spacial score (nSPS) is 17.4. The van der Waals surface area contributed by atoms with Crippen molar-refractivity contribution in [3.05, 3.63) is 79.1 Å². The first-order valence-electron chi connectivity index (χ1n) is 13.9. The van der Waals surface area contributed by atoms with Crippen LogP contribution in [0.25, 0.3) is 22.3 Å². The van der Waals surface area contributed by atoms with E-state index in [0.717, 1.165) is 59.9 Å². The van der Waals surface area contributed by atoms with Crippen LogP contribution in [-0.2, 0) is 25.3 Å². The minimum absolute atomic E-state index is 0.0386. The molecule has 2 fully saturated rings. The molecule has 0 spiro atoms. The molecule has 2 aliphatic heterocycles. The SMILES string of the molecule is C=CC(=O)NC1CCN(c2cccc(CS(=O)(=O)Nc3ccc(-c4cc5c(N6CCOCC6)ncnc5[nH]4)cc3)c2)C1. The second-order valence-corrected chi connectivity index (χ2v) is 12.2. The van der Waals surface area contributed by atoms with Crippen molar-refractivity contribution in [3.8, 4) is 11.3 Å². The number of carbonyl (C=O) groups is 1. The quantitative estimate of drug-likeness (QED) is 0.254. The molecule has 3 N–H and O–H groups in total. The lowest BCUT2D eigenvalue weighted by Gasteiger charge is -2.27. The third kappa shape index (κ3) is 6.24. The van der Waals surface area contributed by atoms with Gasteiger partial charge in [0.1, 0.15) is 17.8 Å². The van der Waals surface area contributed by atoms with Crippen LogP contribution in [0, 0.1) is 0 Å². The number of anilines is 3. The molecule has 2 aromatic carbocycles. The van der Waals surface area contributed by atoms with Gasteiger partial charge in [-0.15, -0.1) is 0 Å². The third-order valence-corrected chi connectivity index (χ3v) is 8.80. The number of benzene rings is 2. The summed E-state index contributed by atoms with van der Waals surface area (Å²) in [5.74, 6) is 0.538. The van der Waals surface area contributed by atoms with E-state index in [9.17, 15) is 13.2 Å². The molecule has 4 heterocycles. The third-order valence-electron chi connectivity index (χ3n) is 7.54. The average molecular weight is 588 g/mol. The molecular weight excluding hydrogens is 554 g/mol. The van der Waals surface area contributed by atoms with Crippen LogP contribution in [-0.4, -0.2) is 74.7 Å². The second kappa shape index (κ2) is 11.8. The Morgan fingerprint density at radius 3 is 2.67 bits per heavy atom. The van der Waals surface area contributed by atoms with Crippen molar-refractivity contribution in [1.82, 2.24) is 20.3 Å². The number of ether oxygens (including phenoxy) is 1. The molecule has 0 bridgehead atoms. The average Bonchev–Trinajstić information content (AvgIpc) is 3.65. The van der Waals surface area contributed by atoms with Crippen molar-refractivity contribution in [3.63, 3.8) is 0 Å². The molecule has 1 unspecified atom stereocenters. The molecule has 42 heavy (non-hydrogen) atoms. The van der Waals surface area contributed by atoms with Gasteiger partial charge in [0.05, 0.1) is 24.4 Å². The van der Waals surface area contributed by atoms with Crippen molar-refractivity contribution in [1.29, 1.82) is 0 Å². The van der Waals surface area contributed by atoms with Gasteiger partial charge in [-0.3, -0.25) is 9.52 Å². The highest BCUT2D eigenvalue weighted by atomic mass is 32.2. The summed E-state index contributed by atoms with van der Waals surface area (Å²) in [5.41, 5.74) is 4.64. The van der Waals surface area contributed by atoms with Crippen LogP contribution in [0.1, 0.15) is 12.0 Å². The maximum Gasteiger partial charge on any atom is 0.243 e. The molecule has 11 nitrogen and oxygen atoms in total. The van der Waals surface area contributed by atoms with Crippen molar-refractivity contribution in [2.45, 2.75) is 18.2 Å². The fraction of sp³-hybridized carbons (Fsp3) is 0.300. The lowest BCUT2D eigenvalue weighted by molar-refractivity contribution is -0.117. The summed E-state index contributed by atoms with van der Waals surface area (Å²) in [6, 6.07) is 16.8. The molecule has 4 aromatic rings. The van der Waals surface area contributed by atoms with Gasteiger partial charge < -0.3 is 24.8 Å². The molecule has 2 aliphatic rings. The topological polar surface area (TPSA) is 133 Å². The first-order valence-corrected chi connectivity index (χ1v) is 15.6. The van der Waals surface area contributed by atoms with Gasteiger partial charge in [-0.1, -0.05) is 30.8 Å². The Bertz CT molecular complexity index is 1700. The van der Waals surface area contributed by atoms with E-state index in [1.54, 1.807) is 18.5 Å². The summed E-state index contributed by atoms with van der Waals surface area (Å²) >= 11 is 0. The van der Waals surface area contributed by atoms with Gasteiger partial charge in [0, 0.05) is 49.3 Å². The van der Waals surface area contributed by atoms with E-state index in [0.29, 0.717) is 31.0 Å². The highest BCUT2D eigenvalue weighted by Gasteiger charge is 2.24. The summed E-state index contributed by atoms with van der Waals surface area (Å²) in [6.07, 6.45) is 3.65. The van der Waals surface area contributed by atoms with Crippen molar-refractivity contribution in [2.24, 2.45) is 0 Å². The summed E-state index contributed by atoms with van der Waals surface area (Å²) in [5, 5.41) is 3.86. The van der Waals surface area contributed by atoms with Crippen molar-refractivity contribution >= 4 is 44.2 Å². The van der Waals surface area contributed by atoms with Crippen LogP contribution >= 0.6 is 0 Å². The second-order valence-electron chi connectivity index (χ2n) is 10.5. The molecule has 0 radical (unpaired) electrons. The number of amides is 1. The monoisotopic (exact) mass is 587 g/mol. The Labute approximate surface area is 244 Å². The van der Waals surface area contributed by atoms with Gasteiger partial charge in [0.25, 0.3) is 0 Å². The number of aromatic amines is 1. The predicted molar refractivity (Wildman–Crippen MR) is 164 cm³/mol. The number of rotatable bonds is 9. The molecular formula is C30H33N7O4S. The maximum absolute atomic E-state index is 13.1. The van der Waals surface area contributed by atoms with Gasteiger partial charge in [0.15, 0.2) is 0 Å². The highest BCUT2D eigenvalue weighted by Crippen LogP contribution is 2.30. The van der Waals surface area contributed by atoms with Crippen molar-refractivity contribution < 1.29 is 17.9 Å². The van der Waals surface area contributed by atoms with E-state index in [4.69, 9.17) is 4.74 Å². The number of hydrogen-bond acceptors (Lipinski definition) is 8. The molecule has 1 atom stereocenters. The molecule has 2 aromatic heterocycles. The summed E-state index contributed by atoms with van der Waals surface area (Å²) in [4.78, 5) is 28.3. The van der Waals surface area contributed by atoms with Crippen LogP contribution in [0.5, 0.6) is 0 Å². The number of sulfonamides is 1. The lowest BCUT2D eigenvalue weighted by Crippen LogP contribution is -2.36. The molecule has 6 rings (SSSR count). The van der Waals surface area contributed by atoms with E-state index in [1.165, 1.54) is 6.08 Å². The maximum atomic E-state index is 13.1. The summed E-state index contributed by atoms with van der Waals surface area (Å²) in [7, 11) is -3.65. The molecule has 2 saturated heterocycles. The zero-order valence-corrected chi connectivity index (χ0v) is 23.9. The Kier molecular flexibility index (Phi) is 7.81. The molecule has 218 valence electrons. The van der Waals surface area contributed by atoms with E-state index in [1.807, 2.05) is 42.5 Å². The van der Waals surface area contributed by atoms with E-state index in [2.05, 4.69) is 41.4 Å². The fourth-order valence-corrected chi connectivity index (χ4v) is 6.66. The Morgan fingerprint density at radius 1 is 1.07 bits per heavy atom. The van der Waals surface area contributed by atoms with Gasteiger partial charge in [-0.25, -0.2) is 18.4 Å². The minimum atomic E-state index is -3.65. The van der Waals surface area contributed by atoms with Gasteiger partial charge in [-0.05, 0) is 54.0 Å². The molecule has 0 aliphatic carbocycles. The predicted octanol–water partition coefficient (Wildman–Crippen LogP) is 3.28. The number of H-pyrrole nitrogens is 1. The zero-order chi connectivity index (χ0) is 29.1. The lowest BCUT2D eigenvalue weighted by atomic mass is 10.1.